The number of carbonyl (C=O) groups is 2. The molecule has 0 saturated heterocycles. The summed E-state index contributed by atoms with van der Waals surface area (Å²) < 4.78 is 10.6. The Hall–Kier alpha value is -4.19. The second-order valence-electron chi connectivity index (χ2n) is 7.17. The van der Waals surface area contributed by atoms with Gasteiger partial charge in [-0.1, -0.05) is 36.4 Å². The van der Waals surface area contributed by atoms with Gasteiger partial charge in [0.2, 0.25) is 0 Å². The second kappa shape index (κ2) is 9.31. The standard InChI is InChI=1S/C26H22N2O4/c1-28(19-8-4-3-5-9-19)25(29)17-32-26(30)22-16-24(18-12-14-20(31-2)15-13-18)27-23-11-7-6-10-21(22)23/h3-16H,17H2,1-2H3. The Morgan fingerprint density at radius 1 is 0.906 bits per heavy atom. The van der Waals surface area contributed by atoms with Crippen molar-refractivity contribution in [3.8, 4) is 17.0 Å². The molecule has 0 atom stereocenters. The summed E-state index contributed by atoms with van der Waals surface area (Å²) in [6.07, 6.45) is 0. The molecule has 6 nitrogen and oxygen atoms in total. The monoisotopic (exact) mass is 426 g/mol. The van der Waals surface area contributed by atoms with Crippen molar-refractivity contribution in [3.63, 3.8) is 0 Å². The molecule has 3 aromatic carbocycles. The first kappa shape index (κ1) is 21.1. The van der Waals surface area contributed by atoms with Crippen molar-refractivity contribution < 1.29 is 19.1 Å². The zero-order valence-electron chi connectivity index (χ0n) is 17.8. The third-order valence-corrected chi connectivity index (χ3v) is 5.17. The highest BCUT2D eigenvalue weighted by Crippen LogP contribution is 2.27. The predicted octanol–water partition coefficient (Wildman–Crippen LogP) is 4.73. The van der Waals surface area contributed by atoms with E-state index in [1.165, 1.54) is 4.90 Å². The van der Waals surface area contributed by atoms with Gasteiger partial charge < -0.3 is 14.4 Å². The first-order valence-electron chi connectivity index (χ1n) is 10.1. The minimum atomic E-state index is -0.576. The number of para-hydroxylation sites is 2. The summed E-state index contributed by atoms with van der Waals surface area (Å²) >= 11 is 0. The molecule has 4 aromatic rings. The molecule has 6 heteroatoms. The van der Waals surface area contributed by atoms with Gasteiger partial charge in [0.15, 0.2) is 6.61 Å². The number of ether oxygens (including phenoxy) is 2. The zero-order chi connectivity index (χ0) is 22.5. The van der Waals surface area contributed by atoms with Gasteiger partial charge in [-0.15, -0.1) is 0 Å². The Morgan fingerprint density at radius 2 is 1.59 bits per heavy atom. The molecule has 4 rings (SSSR count). The van der Waals surface area contributed by atoms with Crippen LogP contribution in [0.4, 0.5) is 5.69 Å². The molecule has 0 unspecified atom stereocenters. The van der Waals surface area contributed by atoms with Crippen LogP contribution in [0, 0.1) is 0 Å². The van der Waals surface area contributed by atoms with E-state index in [0.717, 1.165) is 17.0 Å². The fraction of sp³-hybridized carbons (Fsp3) is 0.115. The highest BCUT2D eigenvalue weighted by Gasteiger charge is 2.18. The minimum absolute atomic E-state index is 0.321. The van der Waals surface area contributed by atoms with E-state index in [1.807, 2.05) is 78.9 Å². The summed E-state index contributed by atoms with van der Waals surface area (Å²) in [6, 6.07) is 25.7. The quantitative estimate of drug-likeness (QED) is 0.417. The van der Waals surface area contributed by atoms with Crippen LogP contribution >= 0.6 is 0 Å². The van der Waals surface area contributed by atoms with Crippen molar-refractivity contribution in [1.82, 2.24) is 4.98 Å². The van der Waals surface area contributed by atoms with E-state index in [-0.39, 0.29) is 12.5 Å². The first-order valence-corrected chi connectivity index (χ1v) is 10.1. The Morgan fingerprint density at radius 3 is 2.31 bits per heavy atom. The maximum absolute atomic E-state index is 13.0. The molecular formula is C26H22N2O4. The number of hydrogen-bond acceptors (Lipinski definition) is 5. The van der Waals surface area contributed by atoms with Crippen LogP contribution in [-0.2, 0) is 9.53 Å². The number of rotatable bonds is 6. The lowest BCUT2D eigenvalue weighted by Crippen LogP contribution is -2.31. The number of aromatic nitrogens is 1. The third-order valence-electron chi connectivity index (χ3n) is 5.17. The zero-order valence-corrected chi connectivity index (χ0v) is 17.8. The normalized spacial score (nSPS) is 10.6. The number of fused-ring (bicyclic) bond motifs is 1. The van der Waals surface area contributed by atoms with Crippen LogP contribution in [0.15, 0.2) is 84.9 Å². The molecule has 0 aliphatic carbocycles. The van der Waals surface area contributed by atoms with Crippen molar-refractivity contribution in [2.75, 3.05) is 25.7 Å². The van der Waals surface area contributed by atoms with Gasteiger partial charge in [0.25, 0.3) is 5.91 Å². The lowest BCUT2D eigenvalue weighted by Gasteiger charge is -2.17. The molecule has 0 saturated carbocycles. The van der Waals surface area contributed by atoms with Gasteiger partial charge in [0.05, 0.1) is 23.9 Å². The third kappa shape index (κ3) is 4.44. The number of carbonyl (C=O) groups excluding carboxylic acids is 2. The van der Waals surface area contributed by atoms with E-state index in [4.69, 9.17) is 9.47 Å². The molecule has 1 amide bonds. The summed E-state index contributed by atoms with van der Waals surface area (Å²) in [5.41, 5.74) is 3.22. The maximum Gasteiger partial charge on any atom is 0.339 e. The highest BCUT2D eigenvalue weighted by molar-refractivity contribution is 6.05. The largest absolute Gasteiger partial charge is 0.497 e. The van der Waals surface area contributed by atoms with Crippen LogP contribution < -0.4 is 9.64 Å². The highest BCUT2D eigenvalue weighted by atomic mass is 16.5. The maximum atomic E-state index is 13.0. The number of esters is 1. The number of anilines is 1. The number of likely N-dealkylation sites (N-methyl/N-ethyl adjacent to an activating group) is 1. The van der Waals surface area contributed by atoms with Crippen molar-refractivity contribution >= 4 is 28.5 Å². The number of amides is 1. The predicted molar refractivity (Wildman–Crippen MR) is 124 cm³/mol. The topological polar surface area (TPSA) is 68.7 Å². The summed E-state index contributed by atoms with van der Waals surface area (Å²) in [5, 5.41) is 0.665. The van der Waals surface area contributed by atoms with Crippen LogP contribution in [0.2, 0.25) is 0 Å². The fourth-order valence-corrected chi connectivity index (χ4v) is 3.35. The SMILES string of the molecule is COc1ccc(-c2cc(C(=O)OCC(=O)N(C)c3ccccc3)c3ccccc3n2)cc1. The average molecular weight is 426 g/mol. The molecule has 0 aliphatic rings. The smallest absolute Gasteiger partial charge is 0.339 e. The fourth-order valence-electron chi connectivity index (χ4n) is 3.35. The van der Waals surface area contributed by atoms with Crippen LogP contribution in [0.3, 0.4) is 0 Å². The minimum Gasteiger partial charge on any atom is -0.497 e. The first-order chi connectivity index (χ1) is 15.6. The van der Waals surface area contributed by atoms with Gasteiger partial charge in [0, 0.05) is 23.7 Å². The Labute approximate surface area is 186 Å². The molecule has 0 radical (unpaired) electrons. The summed E-state index contributed by atoms with van der Waals surface area (Å²) in [4.78, 5) is 31.6. The van der Waals surface area contributed by atoms with Gasteiger partial charge in [-0.25, -0.2) is 9.78 Å². The number of nitrogens with zero attached hydrogens (tertiary/aromatic N) is 2. The molecule has 32 heavy (non-hydrogen) atoms. The van der Waals surface area contributed by atoms with Crippen molar-refractivity contribution in [3.05, 3.63) is 90.5 Å². The number of methoxy groups -OCH3 is 1. The van der Waals surface area contributed by atoms with Crippen molar-refractivity contribution in [2.45, 2.75) is 0 Å². The molecule has 0 N–H and O–H groups in total. The summed E-state index contributed by atoms with van der Waals surface area (Å²) in [6.45, 7) is -0.362. The molecule has 160 valence electrons. The Bertz CT molecular complexity index is 1250. The Balaban J connectivity index is 1.59. The van der Waals surface area contributed by atoms with E-state index < -0.39 is 5.97 Å². The van der Waals surface area contributed by atoms with Crippen LogP contribution in [0.1, 0.15) is 10.4 Å². The summed E-state index contributed by atoms with van der Waals surface area (Å²) in [7, 11) is 3.25. The lowest BCUT2D eigenvalue weighted by molar-refractivity contribution is -0.121. The van der Waals surface area contributed by atoms with E-state index >= 15 is 0 Å². The lowest BCUT2D eigenvalue weighted by atomic mass is 10.0. The number of benzene rings is 3. The molecule has 0 fully saturated rings. The van der Waals surface area contributed by atoms with Gasteiger partial charge >= 0.3 is 5.97 Å². The van der Waals surface area contributed by atoms with Gasteiger partial charge in [-0.3, -0.25) is 4.79 Å². The molecule has 1 heterocycles. The molecular weight excluding hydrogens is 404 g/mol. The van der Waals surface area contributed by atoms with E-state index in [0.29, 0.717) is 22.2 Å². The van der Waals surface area contributed by atoms with E-state index in [1.54, 1.807) is 20.2 Å². The average Bonchev–Trinajstić information content (AvgIpc) is 2.86. The van der Waals surface area contributed by atoms with Gasteiger partial charge in [-0.05, 0) is 48.5 Å². The molecule has 0 spiro atoms. The Kier molecular flexibility index (Phi) is 6.12. The number of hydrogen-bond donors (Lipinski definition) is 0. The van der Waals surface area contributed by atoms with Crippen LogP contribution in [0.5, 0.6) is 5.75 Å². The molecule has 1 aromatic heterocycles. The van der Waals surface area contributed by atoms with Crippen LogP contribution in [-0.4, -0.2) is 37.6 Å². The summed E-state index contributed by atoms with van der Waals surface area (Å²) in [5.74, 6) is -0.165. The van der Waals surface area contributed by atoms with Crippen molar-refractivity contribution in [2.24, 2.45) is 0 Å². The molecule has 0 bridgehead atoms. The van der Waals surface area contributed by atoms with Crippen molar-refractivity contribution in [1.29, 1.82) is 0 Å². The molecule has 0 aliphatic heterocycles. The number of pyridine rings is 1. The second-order valence-corrected chi connectivity index (χ2v) is 7.17. The van der Waals surface area contributed by atoms with E-state index in [9.17, 15) is 9.59 Å². The van der Waals surface area contributed by atoms with Gasteiger partial charge in [-0.2, -0.15) is 0 Å². The van der Waals surface area contributed by atoms with E-state index in [2.05, 4.69) is 4.98 Å². The van der Waals surface area contributed by atoms with Crippen LogP contribution in [0.25, 0.3) is 22.2 Å². The van der Waals surface area contributed by atoms with Gasteiger partial charge in [0.1, 0.15) is 5.75 Å².